The molecule has 0 heterocycles. The number of amides is 3. The van der Waals surface area contributed by atoms with Crippen LogP contribution < -0.4 is 21.7 Å². The molecule has 5 atom stereocenters. The average Bonchev–Trinajstić information content (AvgIpc) is 2.64. The van der Waals surface area contributed by atoms with Crippen LogP contribution in [0.5, 0.6) is 0 Å². The molecule has 0 aromatic rings. The van der Waals surface area contributed by atoms with Crippen molar-refractivity contribution in [2.45, 2.75) is 63.9 Å². The fourth-order valence-corrected chi connectivity index (χ4v) is 2.32. The monoisotopic (exact) mass is 434 g/mol. The first-order valence-corrected chi connectivity index (χ1v) is 9.22. The van der Waals surface area contributed by atoms with Gasteiger partial charge in [-0.3, -0.25) is 19.2 Å². The zero-order valence-electron chi connectivity index (χ0n) is 17.0. The molecule has 0 aliphatic rings. The van der Waals surface area contributed by atoms with Crippen molar-refractivity contribution in [3.8, 4) is 0 Å². The molecule has 3 amide bonds. The second kappa shape index (κ2) is 12.7. The highest BCUT2D eigenvalue weighted by Crippen LogP contribution is 2.06. The van der Waals surface area contributed by atoms with Crippen LogP contribution in [0, 0.1) is 5.92 Å². The Balaban J connectivity index is 5.47. The average molecular weight is 434 g/mol. The van der Waals surface area contributed by atoms with E-state index >= 15 is 0 Å². The predicted molar refractivity (Wildman–Crippen MR) is 102 cm³/mol. The Labute approximate surface area is 173 Å². The van der Waals surface area contributed by atoms with Gasteiger partial charge in [-0.15, -0.1) is 0 Å². The van der Waals surface area contributed by atoms with Crippen LogP contribution in [-0.4, -0.2) is 87.0 Å². The van der Waals surface area contributed by atoms with E-state index in [2.05, 4.69) is 10.6 Å². The maximum atomic E-state index is 12.6. The lowest BCUT2D eigenvalue weighted by Crippen LogP contribution is -2.59. The zero-order valence-corrected chi connectivity index (χ0v) is 17.0. The molecule has 13 heteroatoms. The number of aliphatic hydroxyl groups excluding tert-OH is 2. The lowest BCUT2D eigenvalue weighted by Gasteiger charge is -2.27. The Hall–Kier alpha value is -2.77. The number of hydrogen-bond acceptors (Lipinski definition) is 8. The molecule has 0 aromatic heterocycles. The lowest BCUT2D eigenvalue weighted by atomic mass is 10.0. The minimum Gasteiger partial charge on any atom is -0.481 e. The van der Waals surface area contributed by atoms with Crippen LogP contribution in [0.25, 0.3) is 0 Å². The Bertz CT molecular complexity index is 639. The third-order valence-electron chi connectivity index (χ3n) is 4.11. The number of hydrogen-bond donors (Lipinski definition) is 8. The first-order valence-electron chi connectivity index (χ1n) is 9.22. The molecule has 0 saturated heterocycles. The topological polar surface area (TPSA) is 228 Å². The summed E-state index contributed by atoms with van der Waals surface area (Å²) < 4.78 is 0. The molecule has 172 valence electrons. The van der Waals surface area contributed by atoms with Gasteiger partial charge in [0.1, 0.15) is 18.1 Å². The van der Waals surface area contributed by atoms with Crippen LogP contribution in [0.15, 0.2) is 0 Å². The van der Waals surface area contributed by atoms with Crippen LogP contribution >= 0.6 is 0 Å². The van der Waals surface area contributed by atoms with Crippen molar-refractivity contribution < 1.29 is 44.4 Å². The van der Waals surface area contributed by atoms with Crippen LogP contribution in [0.1, 0.15) is 33.6 Å². The fourth-order valence-electron chi connectivity index (χ4n) is 2.32. The molecule has 0 rings (SSSR count). The summed E-state index contributed by atoms with van der Waals surface area (Å²) in [6.07, 6.45) is -2.34. The van der Waals surface area contributed by atoms with Crippen LogP contribution in [0.3, 0.4) is 0 Å². The van der Waals surface area contributed by atoms with Crippen LogP contribution in [-0.2, 0) is 24.0 Å². The molecular weight excluding hydrogens is 404 g/mol. The van der Waals surface area contributed by atoms with Gasteiger partial charge in [0.05, 0.1) is 12.7 Å². The number of carbonyl (C=O) groups excluding carboxylic acids is 3. The SMILES string of the molecule is CC(C)C(NC(=O)C(N)CO)C(=O)NC(CCC(=O)O)C(=O)NC(C(=O)O)C(C)O. The second-order valence-corrected chi connectivity index (χ2v) is 7.08. The number of nitrogens with one attached hydrogen (secondary N) is 3. The van der Waals surface area contributed by atoms with Gasteiger partial charge in [0.25, 0.3) is 0 Å². The molecule has 30 heavy (non-hydrogen) atoms. The Morgan fingerprint density at radius 2 is 1.40 bits per heavy atom. The van der Waals surface area contributed by atoms with Gasteiger partial charge in [-0.2, -0.15) is 0 Å². The largest absolute Gasteiger partial charge is 0.481 e. The summed E-state index contributed by atoms with van der Waals surface area (Å²) >= 11 is 0. The highest BCUT2D eigenvalue weighted by molar-refractivity contribution is 5.94. The number of rotatable bonds is 13. The predicted octanol–water partition coefficient (Wildman–Crippen LogP) is -3.25. The number of carboxylic acid groups (broad SMARTS) is 2. The van der Waals surface area contributed by atoms with Gasteiger partial charge in [-0.25, -0.2) is 4.79 Å². The number of carbonyl (C=O) groups is 5. The van der Waals surface area contributed by atoms with E-state index in [4.69, 9.17) is 21.1 Å². The third-order valence-corrected chi connectivity index (χ3v) is 4.11. The quantitative estimate of drug-likeness (QED) is 0.144. The Morgan fingerprint density at radius 1 is 0.867 bits per heavy atom. The first kappa shape index (κ1) is 27.2. The van der Waals surface area contributed by atoms with Gasteiger partial charge >= 0.3 is 11.9 Å². The van der Waals surface area contributed by atoms with Gasteiger partial charge in [-0.05, 0) is 19.3 Å². The van der Waals surface area contributed by atoms with Crippen molar-refractivity contribution in [1.29, 1.82) is 0 Å². The van der Waals surface area contributed by atoms with E-state index in [1.807, 2.05) is 5.32 Å². The summed E-state index contributed by atoms with van der Waals surface area (Å²) in [6.45, 7) is 3.67. The number of carboxylic acids is 2. The summed E-state index contributed by atoms with van der Waals surface area (Å²) in [7, 11) is 0. The van der Waals surface area contributed by atoms with Crippen molar-refractivity contribution in [3.63, 3.8) is 0 Å². The smallest absolute Gasteiger partial charge is 0.328 e. The molecule has 0 spiro atoms. The fraction of sp³-hybridized carbons (Fsp3) is 0.706. The standard InChI is InChI=1S/C17H30N4O9/c1-7(2)12(20-14(26)9(18)6-22)16(28)19-10(4-5-11(24)25)15(27)21-13(8(3)23)17(29)30/h7-10,12-13,22-23H,4-6,18H2,1-3H3,(H,19,28)(H,20,26)(H,21,27)(H,24,25)(H,29,30). The van der Waals surface area contributed by atoms with Crippen molar-refractivity contribution in [3.05, 3.63) is 0 Å². The molecule has 0 aliphatic heterocycles. The van der Waals surface area contributed by atoms with Crippen LogP contribution in [0.2, 0.25) is 0 Å². The second-order valence-electron chi connectivity index (χ2n) is 7.08. The van der Waals surface area contributed by atoms with Gasteiger partial charge in [0, 0.05) is 6.42 Å². The normalized spacial score (nSPS) is 16.0. The maximum absolute atomic E-state index is 12.6. The highest BCUT2D eigenvalue weighted by atomic mass is 16.4. The molecule has 0 aliphatic carbocycles. The number of aliphatic carboxylic acids is 2. The molecule has 5 unspecified atom stereocenters. The first-order chi connectivity index (χ1) is 13.8. The molecular formula is C17H30N4O9. The Morgan fingerprint density at radius 3 is 1.80 bits per heavy atom. The maximum Gasteiger partial charge on any atom is 0.328 e. The molecule has 0 radical (unpaired) electrons. The van der Waals surface area contributed by atoms with E-state index < -0.39 is 78.9 Å². The summed E-state index contributed by atoms with van der Waals surface area (Å²) in [5.41, 5.74) is 5.40. The van der Waals surface area contributed by atoms with Gasteiger partial charge in [-0.1, -0.05) is 13.8 Å². The molecule has 9 N–H and O–H groups in total. The van der Waals surface area contributed by atoms with Crippen molar-refractivity contribution in [2.24, 2.45) is 11.7 Å². The summed E-state index contributed by atoms with van der Waals surface area (Å²) in [4.78, 5) is 59.0. The van der Waals surface area contributed by atoms with E-state index in [0.29, 0.717) is 0 Å². The number of nitrogens with two attached hydrogens (primary N) is 1. The van der Waals surface area contributed by atoms with Crippen molar-refractivity contribution in [1.82, 2.24) is 16.0 Å². The van der Waals surface area contributed by atoms with Gasteiger partial charge in [0.15, 0.2) is 6.04 Å². The van der Waals surface area contributed by atoms with Crippen LogP contribution in [0.4, 0.5) is 0 Å². The van der Waals surface area contributed by atoms with E-state index in [-0.39, 0.29) is 6.42 Å². The van der Waals surface area contributed by atoms with E-state index in [9.17, 15) is 29.1 Å². The van der Waals surface area contributed by atoms with E-state index in [1.165, 1.54) is 0 Å². The summed E-state index contributed by atoms with van der Waals surface area (Å²) in [6, 6.07) is -5.56. The lowest BCUT2D eigenvalue weighted by molar-refractivity contribution is -0.145. The van der Waals surface area contributed by atoms with E-state index in [0.717, 1.165) is 6.92 Å². The summed E-state index contributed by atoms with van der Waals surface area (Å²) in [5, 5.41) is 43.1. The highest BCUT2D eigenvalue weighted by Gasteiger charge is 2.33. The minimum atomic E-state index is -1.68. The number of aliphatic hydroxyl groups is 2. The zero-order chi connectivity index (χ0) is 23.6. The van der Waals surface area contributed by atoms with Crippen molar-refractivity contribution in [2.75, 3.05) is 6.61 Å². The molecule has 0 aromatic carbocycles. The molecule has 0 saturated carbocycles. The molecule has 0 fully saturated rings. The Kier molecular flexibility index (Phi) is 11.5. The van der Waals surface area contributed by atoms with Gasteiger partial charge in [0.2, 0.25) is 17.7 Å². The minimum absolute atomic E-state index is 0.367. The van der Waals surface area contributed by atoms with Gasteiger partial charge < -0.3 is 42.1 Å². The van der Waals surface area contributed by atoms with Crippen molar-refractivity contribution >= 4 is 29.7 Å². The molecule has 0 bridgehead atoms. The molecule has 13 nitrogen and oxygen atoms in total. The van der Waals surface area contributed by atoms with E-state index in [1.54, 1.807) is 13.8 Å². The third kappa shape index (κ3) is 9.15. The summed E-state index contributed by atoms with van der Waals surface area (Å²) in [5.74, 6) is -5.90.